The average Bonchev–Trinajstić information content (AvgIpc) is 2.88. The number of benzene rings is 1. The molecule has 2 aromatic rings. The smallest absolute Gasteiger partial charge is 0.275 e. The Labute approximate surface area is 121 Å². The summed E-state index contributed by atoms with van der Waals surface area (Å²) in [7, 11) is 1.76. The molecule has 6 heteroatoms. The molecule has 2 rings (SSSR count). The van der Waals surface area contributed by atoms with Crippen molar-refractivity contribution in [3.8, 4) is 11.8 Å². The van der Waals surface area contributed by atoms with Gasteiger partial charge in [0.15, 0.2) is 0 Å². The SMILES string of the molecule is Cn1cnc(C(=O)Nc2ccc(F)cc2C#CCCO)c1. The number of hydrogen-bond acceptors (Lipinski definition) is 3. The molecule has 5 nitrogen and oxygen atoms in total. The van der Waals surface area contributed by atoms with Crippen molar-refractivity contribution in [3.63, 3.8) is 0 Å². The van der Waals surface area contributed by atoms with E-state index in [2.05, 4.69) is 22.1 Å². The average molecular weight is 287 g/mol. The maximum absolute atomic E-state index is 13.3. The van der Waals surface area contributed by atoms with Gasteiger partial charge in [0, 0.05) is 19.7 Å². The van der Waals surface area contributed by atoms with Crippen molar-refractivity contribution in [2.24, 2.45) is 7.05 Å². The Morgan fingerprint density at radius 2 is 2.33 bits per heavy atom. The summed E-state index contributed by atoms with van der Waals surface area (Å²) in [5.74, 6) is 4.58. The zero-order valence-corrected chi connectivity index (χ0v) is 11.4. The van der Waals surface area contributed by atoms with Gasteiger partial charge < -0.3 is 15.0 Å². The summed E-state index contributed by atoms with van der Waals surface area (Å²) in [6.07, 6.45) is 3.38. The number of anilines is 1. The molecule has 1 amide bonds. The van der Waals surface area contributed by atoms with Gasteiger partial charge in [-0.05, 0) is 18.2 Å². The molecule has 0 aliphatic carbocycles. The lowest BCUT2D eigenvalue weighted by Crippen LogP contribution is -2.13. The fourth-order valence-corrected chi connectivity index (χ4v) is 1.66. The number of carbonyl (C=O) groups is 1. The Morgan fingerprint density at radius 3 is 3.00 bits per heavy atom. The molecule has 0 unspecified atom stereocenters. The van der Waals surface area contributed by atoms with E-state index < -0.39 is 11.7 Å². The van der Waals surface area contributed by atoms with Gasteiger partial charge in [-0.3, -0.25) is 4.79 Å². The van der Waals surface area contributed by atoms with E-state index in [4.69, 9.17) is 5.11 Å². The highest BCUT2D eigenvalue weighted by atomic mass is 19.1. The topological polar surface area (TPSA) is 67.2 Å². The number of aryl methyl sites for hydroxylation is 1. The maximum atomic E-state index is 13.3. The van der Waals surface area contributed by atoms with Crippen molar-refractivity contribution in [2.45, 2.75) is 6.42 Å². The van der Waals surface area contributed by atoms with E-state index in [0.29, 0.717) is 11.3 Å². The summed E-state index contributed by atoms with van der Waals surface area (Å²) < 4.78 is 14.9. The van der Waals surface area contributed by atoms with Crippen molar-refractivity contribution in [1.82, 2.24) is 9.55 Å². The van der Waals surface area contributed by atoms with Crippen LogP contribution in [-0.2, 0) is 7.05 Å². The molecule has 0 saturated heterocycles. The number of amides is 1. The van der Waals surface area contributed by atoms with E-state index in [1.807, 2.05) is 0 Å². The van der Waals surface area contributed by atoms with Crippen molar-refractivity contribution >= 4 is 11.6 Å². The number of rotatable bonds is 3. The third-order valence-corrected chi connectivity index (χ3v) is 2.63. The molecule has 2 N–H and O–H groups in total. The highest BCUT2D eigenvalue weighted by Gasteiger charge is 2.11. The van der Waals surface area contributed by atoms with E-state index in [1.165, 1.54) is 24.5 Å². The lowest BCUT2D eigenvalue weighted by Gasteiger charge is -2.06. The molecule has 0 bridgehead atoms. The molecular weight excluding hydrogens is 273 g/mol. The van der Waals surface area contributed by atoms with Crippen molar-refractivity contribution < 1.29 is 14.3 Å². The highest BCUT2D eigenvalue weighted by Crippen LogP contribution is 2.17. The first-order valence-corrected chi connectivity index (χ1v) is 6.29. The number of aliphatic hydroxyl groups excluding tert-OH is 1. The molecule has 1 aromatic heterocycles. The van der Waals surface area contributed by atoms with E-state index in [9.17, 15) is 9.18 Å². The third kappa shape index (κ3) is 3.91. The van der Waals surface area contributed by atoms with Gasteiger partial charge in [-0.2, -0.15) is 0 Å². The first-order chi connectivity index (χ1) is 10.1. The second kappa shape index (κ2) is 6.68. The van der Waals surface area contributed by atoms with Crippen LogP contribution in [0.1, 0.15) is 22.5 Å². The fraction of sp³-hybridized carbons (Fsp3) is 0.200. The molecule has 108 valence electrons. The molecule has 0 aliphatic rings. The minimum absolute atomic E-state index is 0.0715. The minimum atomic E-state index is -0.445. The van der Waals surface area contributed by atoms with Gasteiger partial charge in [0.25, 0.3) is 5.91 Å². The molecule has 0 aliphatic heterocycles. The fourth-order valence-electron chi connectivity index (χ4n) is 1.66. The molecule has 0 radical (unpaired) electrons. The van der Waals surface area contributed by atoms with Crippen LogP contribution in [0.15, 0.2) is 30.7 Å². The van der Waals surface area contributed by atoms with E-state index in [1.54, 1.807) is 17.8 Å². The van der Waals surface area contributed by atoms with Crippen LogP contribution in [0.2, 0.25) is 0 Å². The Bertz CT molecular complexity index is 713. The third-order valence-electron chi connectivity index (χ3n) is 2.63. The number of nitrogens with zero attached hydrogens (tertiary/aromatic N) is 2. The van der Waals surface area contributed by atoms with Crippen LogP contribution in [0.5, 0.6) is 0 Å². The van der Waals surface area contributed by atoms with Crippen molar-refractivity contribution in [2.75, 3.05) is 11.9 Å². The predicted octanol–water partition coefficient (Wildman–Crippen LogP) is 1.55. The van der Waals surface area contributed by atoms with Gasteiger partial charge in [-0.25, -0.2) is 9.37 Å². The normalized spacial score (nSPS) is 9.86. The van der Waals surface area contributed by atoms with Gasteiger partial charge in [0.05, 0.1) is 24.2 Å². The monoisotopic (exact) mass is 287 g/mol. The maximum Gasteiger partial charge on any atom is 0.275 e. The van der Waals surface area contributed by atoms with Crippen LogP contribution in [0, 0.1) is 17.7 Å². The van der Waals surface area contributed by atoms with Crippen molar-refractivity contribution in [1.29, 1.82) is 0 Å². The molecule has 21 heavy (non-hydrogen) atoms. The van der Waals surface area contributed by atoms with Gasteiger partial charge in [-0.15, -0.1) is 0 Å². The van der Waals surface area contributed by atoms with Crippen LogP contribution in [0.25, 0.3) is 0 Å². The van der Waals surface area contributed by atoms with Gasteiger partial charge in [-0.1, -0.05) is 11.8 Å². The van der Waals surface area contributed by atoms with Crippen LogP contribution >= 0.6 is 0 Å². The Morgan fingerprint density at radius 1 is 1.52 bits per heavy atom. The molecule has 0 atom stereocenters. The van der Waals surface area contributed by atoms with Crippen molar-refractivity contribution in [3.05, 3.63) is 47.8 Å². The lowest BCUT2D eigenvalue weighted by molar-refractivity contribution is 0.102. The molecule has 1 aromatic carbocycles. The summed E-state index contributed by atoms with van der Waals surface area (Å²) >= 11 is 0. The van der Waals surface area contributed by atoms with Gasteiger partial charge >= 0.3 is 0 Å². The van der Waals surface area contributed by atoms with E-state index >= 15 is 0 Å². The standard InChI is InChI=1S/C15H14FN3O2/c1-19-9-14(17-10-19)15(21)18-13-6-5-12(16)8-11(13)4-2-3-7-20/h5-6,8-10,20H,3,7H2,1H3,(H,18,21). The van der Waals surface area contributed by atoms with Crippen LogP contribution < -0.4 is 5.32 Å². The first kappa shape index (κ1) is 14.8. The zero-order chi connectivity index (χ0) is 15.2. The van der Waals surface area contributed by atoms with E-state index in [0.717, 1.165) is 0 Å². The van der Waals surface area contributed by atoms with Crippen LogP contribution in [0.4, 0.5) is 10.1 Å². The summed E-state index contributed by atoms with van der Waals surface area (Å²) in [4.78, 5) is 16.0. The summed E-state index contributed by atoms with van der Waals surface area (Å²) in [5, 5.41) is 11.4. The number of aromatic nitrogens is 2. The van der Waals surface area contributed by atoms with Gasteiger partial charge in [0.2, 0.25) is 0 Å². The summed E-state index contributed by atoms with van der Waals surface area (Å²) in [5.41, 5.74) is 1.02. The second-order valence-corrected chi connectivity index (χ2v) is 4.34. The van der Waals surface area contributed by atoms with Crippen LogP contribution in [-0.4, -0.2) is 27.2 Å². The lowest BCUT2D eigenvalue weighted by atomic mass is 10.1. The number of halogens is 1. The highest BCUT2D eigenvalue weighted by molar-refractivity contribution is 6.03. The van der Waals surface area contributed by atoms with Gasteiger partial charge in [0.1, 0.15) is 11.5 Å². The Kier molecular flexibility index (Phi) is 4.69. The number of aliphatic hydroxyl groups is 1. The molecule has 0 saturated carbocycles. The molecular formula is C15H14FN3O2. The Hall–Kier alpha value is -2.65. The predicted molar refractivity (Wildman–Crippen MR) is 76.1 cm³/mol. The zero-order valence-electron chi connectivity index (χ0n) is 11.4. The quantitative estimate of drug-likeness (QED) is 0.842. The number of carbonyl (C=O) groups excluding carboxylic acids is 1. The van der Waals surface area contributed by atoms with E-state index in [-0.39, 0.29) is 18.7 Å². The minimum Gasteiger partial charge on any atom is -0.395 e. The van der Waals surface area contributed by atoms with Crippen LogP contribution in [0.3, 0.4) is 0 Å². The molecule has 0 spiro atoms. The molecule has 1 heterocycles. The summed E-state index contributed by atoms with van der Waals surface area (Å²) in [6.45, 7) is -0.0715. The summed E-state index contributed by atoms with van der Waals surface area (Å²) in [6, 6.07) is 3.92. The Balaban J connectivity index is 2.23. The largest absolute Gasteiger partial charge is 0.395 e. The number of nitrogens with one attached hydrogen (secondary N) is 1. The second-order valence-electron chi connectivity index (χ2n) is 4.34. The number of imidazole rings is 1. The first-order valence-electron chi connectivity index (χ1n) is 6.29. The molecule has 0 fully saturated rings. The number of hydrogen-bond donors (Lipinski definition) is 2.